The minimum Gasteiger partial charge on any atom is -0.493 e. The second-order valence-corrected chi connectivity index (χ2v) is 4.88. The zero-order valence-electron chi connectivity index (χ0n) is 10.8. The molecular weight excluding hydrogens is 260 g/mol. The van der Waals surface area contributed by atoms with Gasteiger partial charge >= 0.3 is 0 Å². The molecule has 0 bridgehead atoms. The second kappa shape index (κ2) is 6.60. The van der Waals surface area contributed by atoms with E-state index >= 15 is 0 Å². The number of rotatable bonds is 5. The Bertz CT molecular complexity index is 524. The summed E-state index contributed by atoms with van der Waals surface area (Å²) in [5.41, 5.74) is 1.95. The third-order valence-electron chi connectivity index (χ3n) is 2.91. The van der Waals surface area contributed by atoms with Gasteiger partial charge in [-0.1, -0.05) is 41.9 Å². The SMILES string of the molecule is C[C@@H](O)c1cc(Cl)ccc1OCCc1ccccc1. The van der Waals surface area contributed by atoms with Gasteiger partial charge in [0.15, 0.2) is 0 Å². The zero-order chi connectivity index (χ0) is 13.7. The Balaban J connectivity index is 2.00. The first-order chi connectivity index (χ1) is 9.16. The normalized spacial score (nSPS) is 12.2. The molecule has 0 aromatic heterocycles. The smallest absolute Gasteiger partial charge is 0.125 e. The molecule has 0 aliphatic heterocycles. The number of halogens is 1. The van der Waals surface area contributed by atoms with Crippen molar-refractivity contribution in [2.24, 2.45) is 0 Å². The highest BCUT2D eigenvalue weighted by atomic mass is 35.5. The lowest BCUT2D eigenvalue weighted by Gasteiger charge is -2.13. The van der Waals surface area contributed by atoms with Crippen molar-refractivity contribution in [2.45, 2.75) is 19.4 Å². The molecule has 0 aliphatic carbocycles. The fraction of sp³-hybridized carbons (Fsp3) is 0.250. The molecule has 2 aromatic carbocycles. The van der Waals surface area contributed by atoms with Gasteiger partial charge in [-0.2, -0.15) is 0 Å². The van der Waals surface area contributed by atoms with Crippen LogP contribution in [0.1, 0.15) is 24.2 Å². The maximum atomic E-state index is 9.71. The summed E-state index contributed by atoms with van der Waals surface area (Å²) >= 11 is 5.92. The van der Waals surface area contributed by atoms with Crippen LogP contribution in [0.5, 0.6) is 5.75 Å². The number of aliphatic hydroxyl groups excluding tert-OH is 1. The van der Waals surface area contributed by atoms with E-state index in [1.807, 2.05) is 18.2 Å². The molecular formula is C16H17ClO2. The van der Waals surface area contributed by atoms with Crippen LogP contribution in [0.25, 0.3) is 0 Å². The van der Waals surface area contributed by atoms with Gasteiger partial charge in [0.05, 0.1) is 12.7 Å². The van der Waals surface area contributed by atoms with Gasteiger partial charge in [0.25, 0.3) is 0 Å². The molecule has 0 unspecified atom stereocenters. The van der Waals surface area contributed by atoms with E-state index < -0.39 is 6.10 Å². The van der Waals surface area contributed by atoms with E-state index in [9.17, 15) is 5.11 Å². The zero-order valence-corrected chi connectivity index (χ0v) is 11.6. The quantitative estimate of drug-likeness (QED) is 0.894. The highest BCUT2D eigenvalue weighted by Crippen LogP contribution is 2.28. The van der Waals surface area contributed by atoms with Crippen LogP contribution < -0.4 is 4.74 Å². The van der Waals surface area contributed by atoms with Gasteiger partial charge < -0.3 is 9.84 Å². The Morgan fingerprint density at radius 1 is 1.16 bits per heavy atom. The van der Waals surface area contributed by atoms with Crippen LogP contribution in [-0.4, -0.2) is 11.7 Å². The number of hydrogen-bond acceptors (Lipinski definition) is 2. The molecule has 2 aromatic rings. The molecule has 0 heterocycles. The van der Waals surface area contributed by atoms with E-state index in [-0.39, 0.29) is 0 Å². The van der Waals surface area contributed by atoms with Crippen LogP contribution in [0.15, 0.2) is 48.5 Å². The predicted molar refractivity (Wildman–Crippen MR) is 77.7 cm³/mol. The Hall–Kier alpha value is -1.51. The standard InChI is InChI=1S/C16H17ClO2/c1-12(18)15-11-14(17)7-8-16(15)19-10-9-13-5-3-2-4-6-13/h2-8,11-12,18H,9-10H2,1H3/t12-/m1/s1. The molecule has 0 aliphatic rings. The third-order valence-corrected chi connectivity index (χ3v) is 3.15. The lowest BCUT2D eigenvalue weighted by atomic mass is 10.1. The first-order valence-corrected chi connectivity index (χ1v) is 6.69. The average Bonchev–Trinajstić information content (AvgIpc) is 2.41. The molecule has 0 radical (unpaired) electrons. The summed E-state index contributed by atoms with van der Waals surface area (Å²) in [6, 6.07) is 15.5. The largest absolute Gasteiger partial charge is 0.493 e. The monoisotopic (exact) mass is 276 g/mol. The molecule has 100 valence electrons. The molecule has 0 spiro atoms. The summed E-state index contributed by atoms with van der Waals surface area (Å²) in [6.45, 7) is 2.28. The summed E-state index contributed by atoms with van der Waals surface area (Å²) in [4.78, 5) is 0. The van der Waals surface area contributed by atoms with E-state index in [4.69, 9.17) is 16.3 Å². The van der Waals surface area contributed by atoms with Gasteiger partial charge in [0.1, 0.15) is 5.75 Å². The molecule has 1 N–H and O–H groups in total. The van der Waals surface area contributed by atoms with Gasteiger partial charge in [-0.3, -0.25) is 0 Å². The number of ether oxygens (including phenoxy) is 1. The summed E-state index contributed by atoms with van der Waals surface area (Å²) < 4.78 is 5.74. The summed E-state index contributed by atoms with van der Waals surface area (Å²) in [5.74, 6) is 0.690. The maximum absolute atomic E-state index is 9.71. The number of hydrogen-bond donors (Lipinski definition) is 1. The van der Waals surface area contributed by atoms with Gasteiger partial charge in [-0.05, 0) is 30.7 Å². The number of benzene rings is 2. The van der Waals surface area contributed by atoms with Crippen LogP contribution >= 0.6 is 11.6 Å². The van der Waals surface area contributed by atoms with Crippen molar-refractivity contribution in [2.75, 3.05) is 6.61 Å². The van der Waals surface area contributed by atoms with Crippen LogP contribution in [0.4, 0.5) is 0 Å². The van der Waals surface area contributed by atoms with E-state index in [1.54, 1.807) is 25.1 Å². The minimum atomic E-state index is -0.592. The van der Waals surface area contributed by atoms with E-state index in [1.165, 1.54) is 5.56 Å². The molecule has 2 nitrogen and oxygen atoms in total. The molecule has 19 heavy (non-hydrogen) atoms. The molecule has 3 heteroatoms. The Kier molecular flexibility index (Phi) is 4.83. The third kappa shape index (κ3) is 3.98. The van der Waals surface area contributed by atoms with Crippen LogP contribution in [0.2, 0.25) is 5.02 Å². The van der Waals surface area contributed by atoms with Gasteiger partial charge in [0.2, 0.25) is 0 Å². The fourth-order valence-electron chi connectivity index (χ4n) is 1.90. The predicted octanol–water partition coefficient (Wildman–Crippen LogP) is 4.01. The Morgan fingerprint density at radius 2 is 1.89 bits per heavy atom. The summed E-state index contributed by atoms with van der Waals surface area (Å²) in [5, 5.41) is 10.3. The molecule has 0 saturated heterocycles. The first kappa shape index (κ1) is 13.9. The van der Waals surface area contributed by atoms with Crippen molar-refractivity contribution >= 4 is 11.6 Å². The number of aliphatic hydroxyl groups is 1. The van der Waals surface area contributed by atoms with Gasteiger partial charge in [0, 0.05) is 17.0 Å². The van der Waals surface area contributed by atoms with E-state index in [2.05, 4.69) is 12.1 Å². The van der Waals surface area contributed by atoms with Crippen LogP contribution in [-0.2, 0) is 6.42 Å². The topological polar surface area (TPSA) is 29.5 Å². The van der Waals surface area contributed by atoms with Crippen molar-refractivity contribution in [3.05, 3.63) is 64.7 Å². The first-order valence-electron chi connectivity index (χ1n) is 6.31. The van der Waals surface area contributed by atoms with E-state index in [0.717, 1.165) is 12.0 Å². The van der Waals surface area contributed by atoms with Crippen LogP contribution in [0.3, 0.4) is 0 Å². The van der Waals surface area contributed by atoms with Gasteiger partial charge in [-0.15, -0.1) is 0 Å². The summed E-state index contributed by atoms with van der Waals surface area (Å²) in [7, 11) is 0. The van der Waals surface area contributed by atoms with E-state index in [0.29, 0.717) is 17.4 Å². The molecule has 1 atom stereocenters. The van der Waals surface area contributed by atoms with Crippen molar-refractivity contribution in [1.29, 1.82) is 0 Å². The highest BCUT2D eigenvalue weighted by Gasteiger charge is 2.09. The lowest BCUT2D eigenvalue weighted by Crippen LogP contribution is -2.04. The van der Waals surface area contributed by atoms with Crippen molar-refractivity contribution < 1.29 is 9.84 Å². The van der Waals surface area contributed by atoms with Crippen molar-refractivity contribution in [3.63, 3.8) is 0 Å². The molecule has 0 saturated carbocycles. The second-order valence-electron chi connectivity index (χ2n) is 4.44. The Labute approximate surface area is 118 Å². The molecule has 2 rings (SSSR count). The molecule has 0 fully saturated rings. The van der Waals surface area contributed by atoms with Crippen LogP contribution in [0, 0.1) is 0 Å². The molecule has 0 amide bonds. The summed E-state index contributed by atoms with van der Waals surface area (Å²) in [6.07, 6.45) is 0.244. The van der Waals surface area contributed by atoms with Crippen molar-refractivity contribution in [3.8, 4) is 5.75 Å². The maximum Gasteiger partial charge on any atom is 0.125 e. The average molecular weight is 277 g/mol. The fourth-order valence-corrected chi connectivity index (χ4v) is 2.08. The Morgan fingerprint density at radius 3 is 2.58 bits per heavy atom. The highest BCUT2D eigenvalue weighted by molar-refractivity contribution is 6.30. The van der Waals surface area contributed by atoms with Crippen molar-refractivity contribution in [1.82, 2.24) is 0 Å². The minimum absolute atomic E-state index is 0.575. The van der Waals surface area contributed by atoms with Gasteiger partial charge in [-0.25, -0.2) is 0 Å². The lowest BCUT2D eigenvalue weighted by molar-refractivity contribution is 0.191.